The van der Waals surface area contributed by atoms with E-state index in [1.165, 1.54) is 109 Å². The molecular weight excluding hydrogens is 510 g/mol. The van der Waals surface area contributed by atoms with E-state index in [9.17, 15) is 19.8 Å². The molecule has 3 N–H and O–H groups in total. The van der Waals surface area contributed by atoms with Crippen molar-refractivity contribution in [2.75, 3.05) is 18.5 Å². The van der Waals surface area contributed by atoms with Crippen molar-refractivity contribution >= 4 is 11.9 Å². The van der Waals surface area contributed by atoms with Crippen LogP contribution in [0.15, 0.2) is 29.2 Å². The Bertz CT molecular complexity index is 905. The summed E-state index contributed by atoms with van der Waals surface area (Å²) in [5, 5.41) is 21.7. The third kappa shape index (κ3) is 13.0. The standard InChI is InChI=1S/C31H53N3O6/c1-3-4-5-6-7-8-9-10-11-12-13-14-15-16-17-18-19-20-23-39-31(38)33-27-21-22-34(30(37)32-27)29-25(2)28(36)26(24-35)40-29/h21-22,26,28-29,35-36H,2-20,23-24H2,1H3,(H,32,33,37,38)/t26-,28+,29-/m1/s1. The molecule has 1 aromatic heterocycles. The molecule has 1 fully saturated rings. The van der Waals surface area contributed by atoms with Gasteiger partial charge in [0, 0.05) is 11.8 Å². The highest BCUT2D eigenvalue weighted by Crippen LogP contribution is 2.31. The van der Waals surface area contributed by atoms with E-state index >= 15 is 0 Å². The molecule has 2 heterocycles. The van der Waals surface area contributed by atoms with Gasteiger partial charge in [-0.05, 0) is 12.5 Å². The van der Waals surface area contributed by atoms with Gasteiger partial charge in [0.25, 0.3) is 0 Å². The summed E-state index contributed by atoms with van der Waals surface area (Å²) in [6.07, 6.45) is 21.3. The number of nitrogens with one attached hydrogen (secondary N) is 1. The zero-order valence-corrected chi connectivity index (χ0v) is 24.7. The predicted octanol–water partition coefficient (Wildman–Crippen LogP) is 6.64. The zero-order chi connectivity index (χ0) is 29.0. The van der Waals surface area contributed by atoms with Gasteiger partial charge in [-0.25, -0.2) is 9.59 Å². The Balaban J connectivity index is 1.43. The second-order valence-electron chi connectivity index (χ2n) is 11.0. The van der Waals surface area contributed by atoms with Crippen LogP contribution >= 0.6 is 0 Å². The highest BCUT2D eigenvalue weighted by atomic mass is 16.6. The molecule has 1 saturated heterocycles. The molecule has 9 nitrogen and oxygen atoms in total. The zero-order valence-electron chi connectivity index (χ0n) is 24.7. The molecule has 1 aromatic rings. The van der Waals surface area contributed by atoms with E-state index in [-0.39, 0.29) is 11.4 Å². The second-order valence-corrected chi connectivity index (χ2v) is 11.0. The van der Waals surface area contributed by atoms with Crippen LogP contribution in [0.4, 0.5) is 10.6 Å². The lowest BCUT2D eigenvalue weighted by atomic mass is 10.0. The largest absolute Gasteiger partial charge is 0.449 e. The van der Waals surface area contributed by atoms with E-state index in [1.807, 2.05) is 0 Å². The highest BCUT2D eigenvalue weighted by molar-refractivity contribution is 5.83. The Morgan fingerprint density at radius 1 is 0.950 bits per heavy atom. The average molecular weight is 564 g/mol. The summed E-state index contributed by atoms with van der Waals surface area (Å²) < 4.78 is 11.8. The molecule has 1 aliphatic rings. The van der Waals surface area contributed by atoms with Gasteiger partial charge >= 0.3 is 11.8 Å². The topological polar surface area (TPSA) is 123 Å². The minimum atomic E-state index is -1.08. The summed E-state index contributed by atoms with van der Waals surface area (Å²) in [6.45, 7) is 5.93. The molecule has 2 rings (SSSR count). The first kappa shape index (κ1) is 34.0. The SMILES string of the molecule is C=C1[C@H](n2ccc(NC(=O)OCCCCCCCCCCCCCCCCCCCC)nc2=O)O[C@H](CO)[C@H]1O. The van der Waals surface area contributed by atoms with Crippen molar-refractivity contribution < 1.29 is 24.5 Å². The third-order valence-corrected chi connectivity index (χ3v) is 7.58. The van der Waals surface area contributed by atoms with Crippen LogP contribution in [0.3, 0.4) is 0 Å². The number of nitrogens with zero attached hydrogens (tertiary/aromatic N) is 2. The minimum Gasteiger partial charge on any atom is -0.449 e. The number of unbranched alkanes of at least 4 members (excludes halogenated alkanes) is 17. The van der Waals surface area contributed by atoms with E-state index in [0.29, 0.717) is 6.61 Å². The average Bonchev–Trinajstić information content (AvgIpc) is 3.23. The Kier molecular flexibility index (Phi) is 17.5. The fourth-order valence-electron chi connectivity index (χ4n) is 5.07. The normalized spacial score (nSPS) is 18.8. The Labute approximate surface area is 240 Å². The van der Waals surface area contributed by atoms with Crippen molar-refractivity contribution in [3.05, 3.63) is 34.9 Å². The monoisotopic (exact) mass is 563 g/mol. The molecule has 0 spiro atoms. The molecule has 0 aliphatic carbocycles. The van der Waals surface area contributed by atoms with E-state index in [2.05, 4.69) is 23.8 Å². The summed E-state index contributed by atoms with van der Waals surface area (Å²) in [5.74, 6) is 0.0620. The van der Waals surface area contributed by atoms with Gasteiger partial charge in [-0.2, -0.15) is 4.98 Å². The Morgan fingerprint density at radius 3 is 1.90 bits per heavy atom. The van der Waals surface area contributed by atoms with E-state index < -0.39 is 36.8 Å². The number of aliphatic hydroxyl groups excluding tert-OH is 2. The van der Waals surface area contributed by atoms with Crippen LogP contribution in [0, 0.1) is 0 Å². The smallest absolute Gasteiger partial charge is 0.412 e. The number of aliphatic hydroxyl groups is 2. The van der Waals surface area contributed by atoms with Crippen molar-refractivity contribution in [1.82, 2.24) is 9.55 Å². The molecule has 40 heavy (non-hydrogen) atoms. The Morgan fingerprint density at radius 2 is 1.45 bits per heavy atom. The van der Waals surface area contributed by atoms with Crippen molar-refractivity contribution in [3.63, 3.8) is 0 Å². The molecule has 0 radical (unpaired) electrons. The molecular formula is C31H53N3O6. The number of rotatable bonds is 22. The first-order valence-electron chi connectivity index (χ1n) is 15.6. The predicted molar refractivity (Wildman–Crippen MR) is 158 cm³/mol. The number of hydrogen-bond acceptors (Lipinski definition) is 7. The van der Waals surface area contributed by atoms with Gasteiger partial charge in [0.2, 0.25) is 0 Å². The maximum Gasteiger partial charge on any atom is 0.412 e. The summed E-state index contributed by atoms with van der Waals surface area (Å²) >= 11 is 0. The molecule has 0 aromatic carbocycles. The number of hydrogen-bond donors (Lipinski definition) is 3. The Hall–Kier alpha value is -2.23. The molecule has 3 atom stereocenters. The van der Waals surface area contributed by atoms with Crippen LogP contribution in [-0.4, -0.2) is 51.3 Å². The summed E-state index contributed by atoms with van der Waals surface area (Å²) in [7, 11) is 0. The maximum atomic E-state index is 12.4. The minimum absolute atomic E-state index is 0.0620. The molecule has 0 unspecified atom stereocenters. The lowest BCUT2D eigenvalue weighted by Gasteiger charge is -2.15. The van der Waals surface area contributed by atoms with Gasteiger partial charge in [-0.1, -0.05) is 123 Å². The number of carbonyl (C=O) groups is 1. The third-order valence-electron chi connectivity index (χ3n) is 7.58. The lowest BCUT2D eigenvalue weighted by molar-refractivity contribution is -0.0447. The molecule has 0 saturated carbocycles. The van der Waals surface area contributed by atoms with Crippen molar-refractivity contribution in [2.24, 2.45) is 0 Å². The number of carbonyl (C=O) groups excluding carboxylic acids is 1. The van der Waals surface area contributed by atoms with Gasteiger partial charge in [-0.3, -0.25) is 9.88 Å². The van der Waals surface area contributed by atoms with Gasteiger partial charge in [0.05, 0.1) is 13.2 Å². The van der Waals surface area contributed by atoms with Crippen LogP contribution in [0.1, 0.15) is 129 Å². The number of ether oxygens (including phenoxy) is 2. The van der Waals surface area contributed by atoms with Crippen molar-refractivity contribution in [2.45, 2.75) is 141 Å². The highest BCUT2D eigenvalue weighted by Gasteiger charge is 2.38. The van der Waals surface area contributed by atoms with E-state index in [1.54, 1.807) is 0 Å². The number of amides is 1. The first-order chi connectivity index (χ1) is 19.5. The van der Waals surface area contributed by atoms with Gasteiger partial charge in [-0.15, -0.1) is 0 Å². The quantitative estimate of drug-likeness (QED) is 0.107. The van der Waals surface area contributed by atoms with Crippen LogP contribution < -0.4 is 11.0 Å². The number of aromatic nitrogens is 2. The van der Waals surface area contributed by atoms with Crippen LogP contribution in [0.25, 0.3) is 0 Å². The van der Waals surface area contributed by atoms with E-state index in [0.717, 1.165) is 23.8 Å². The maximum absolute atomic E-state index is 12.4. The van der Waals surface area contributed by atoms with Crippen LogP contribution in [0.5, 0.6) is 0 Å². The fourth-order valence-corrected chi connectivity index (χ4v) is 5.07. The first-order valence-corrected chi connectivity index (χ1v) is 15.6. The van der Waals surface area contributed by atoms with Crippen LogP contribution in [0.2, 0.25) is 0 Å². The second kappa shape index (κ2) is 20.6. The van der Waals surface area contributed by atoms with Crippen LogP contribution in [-0.2, 0) is 9.47 Å². The van der Waals surface area contributed by atoms with Gasteiger partial charge in [0.15, 0.2) is 6.23 Å². The molecule has 0 bridgehead atoms. The van der Waals surface area contributed by atoms with Gasteiger partial charge < -0.3 is 19.7 Å². The van der Waals surface area contributed by atoms with Gasteiger partial charge in [0.1, 0.15) is 18.0 Å². The van der Waals surface area contributed by atoms with Crippen molar-refractivity contribution in [1.29, 1.82) is 0 Å². The summed E-state index contributed by atoms with van der Waals surface area (Å²) in [6, 6.07) is 1.44. The summed E-state index contributed by atoms with van der Waals surface area (Å²) in [4.78, 5) is 28.3. The van der Waals surface area contributed by atoms with Crippen molar-refractivity contribution in [3.8, 4) is 0 Å². The molecule has 228 valence electrons. The number of anilines is 1. The molecule has 1 amide bonds. The summed E-state index contributed by atoms with van der Waals surface area (Å²) in [5.41, 5.74) is -0.425. The van der Waals surface area contributed by atoms with E-state index in [4.69, 9.17) is 9.47 Å². The molecule has 1 aliphatic heterocycles. The fraction of sp³-hybridized carbons (Fsp3) is 0.774. The lowest BCUT2D eigenvalue weighted by Crippen LogP contribution is -2.29. The molecule has 9 heteroatoms.